The van der Waals surface area contributed by atoms with Gasteiger partial charge in [-0.3, -0.25) is 4.68 Å². The summed E-state index contributed by atoms with van der Waals surface area (Å²) in [5.41, 5.74) is 2.52. The summed E-state index contributed by atoms with van der Waals surface area (Å²) < 4.78 is 35.6. The van der Waals surface area contributed by atoms with Crippen molar-refractivity contribution in [3.05, 3.63) is 47.3 Å². The molecule has 8 heteroatoms. The molecule has 7 nitrogen and oxygen atoms in total. The van der Waals surface area contributed by atoms with E-state index in [1.807, 2.05) is 18.5 Å². The van der Waals surface area contributed by atoms with Gasteiger partial charge < -0.3 is 9.84 Å². The Kier molecular flexibility index (Phi) is 4.84. The Hall–Kier alpha value is -1.74. The molecule has 4 rings (SSSR count). The van der Waals surface area contributed by atoms with Crippen LogP contribution in [-0.4, -0.2) is 46.8 Å². The smallest absolute Gasteiger partial charge is 0.243 e. The van der Waals surface area contributed by atoms with Crippen molar-refractivity contribution in [2.75, 3.05) is 13.1 Å². The van der Waals surface area contributed by atoms with E-state index >= 15 is 0 Å². The molecular formula is C19H25N3O4S. The molecule has 1 aromatic heterocycles. The Bertz CT molecular complexity index is 919. The minimum Gasteiger partial charge on any atom is -0.390 e. The molecule has 2 heterocycles. The quantitative estimate of drug-likeness (QED) is 0.844. The van der Waals surface area contributed by atoms with Gasteiger partial charge >= 0.3 is 0 Å². The van der Waals surface area contributed by atoms with Gasteiger partial charge in [0.15, 0.2) is 0 Å². The molecule has 2 fully saturated rings. The second-order valence-electron chi connectivity index (χ2n) is 7.45. The molecular weight excluding hydrogens is 366 g/mol. The van der Waals surface area contributed by atoms with Crippen LogP contribution in [0.15, 0.2) is 35.4 Å². The van der Waals surface area contributed by atoms with E-state index < -0.39 is 16.1 Å². The van der Waals surface area contributed by atoms with E-state index in [-0.39, 0.29) is 24.2 Å². The van der Waals surface area contributed by atoms with Crippen molar-refractivity contribution < 1.29 is 18.3 Å². The van der Waals surface area contributed by atoms with Crippen LogP contribution in [0.3, 0.4) is 0 Å². The summed E-state index contributed by atoms with van der Waals surface area (Å²) in [5, 5.41) is 14.3. The number of aliphatic hydroxyl groups excluding tert-OH is 1. The lowest BCUT2D eigenvalue weighted by Crippen LogP contribution is -2.46. The molecule has 1 aromatic carbocycles. The molecule has 0 unspecified atom stereocenters. The van der Waals surface area contributed by atoms with Gasteiger partial charge in [0, 0.05) is 18.7 Å². The molecule has 2 aromatic rings. The predicted molar refractivity (Wildman–Crippen MR) is 99.6 cm³/mol. The number of benzene rings is 1. The average Bonchev–Trinajstić information content (AvgIpc) is 3.40. The van der Waals surface area contributed by atoms with E-state index in [0.29, 0.717) is 12.6 Å². The molecule has 0 amide bonds. The zero-order valence-electron chi connectivity index (χ0n) is 15.6. The SMILES string of the molecule is Cc1ccc(S(=O)(=O)N2C[C@@H](C)O[C@@H](c3cnn(C4CC4)c3CO)C2)cc1. The van der Waals surface area contributed by atoms with Crippen LogP contribution in [0.2, 0.25) is 0 Å². The van der Waals surface area contributed by atoms with Gasteiger partial charge in [-0.1, -0.05) is 17.7 Å². The Labute approximate surface area is 159 Å². The first-order valence-corrected chi connectivity index (χ1v) is 10.7. The minimum atomic E-state index is -3.61. The molecule has 0 radical (unpaired) electrons. The van der Waals surface area contributed by atoms with Crippen LogP contribution < -0.4 is 0 Å². The summed E-state index contributed by atoms with van der Waals surface area (Å²) in [6.07, 6.45) is 3.14. The van der Waals surface area contributed by atoms with Gasteiger partial charge in [-0.05, 0) is 38.8 Å². The summed E-state index contributed by atoms with van der Waals surface area (Å²) >= 11 is 0. The van der Waals surface area contributed by atoms with E-state index in [0.717, 1.165) is 29.7 Å². The van der Waals surface area contributed by atoms with Crippen molar-refractivity contribution in [2.24, 2.45) is 0 Å². The molecule has 2 aliphatic rings. The molecule has 1 saturated heterocycles. The van der Waals surface area contributed by atoms with Gasteiger partial charge in [0.2, 0.25) is 10.0 Å². The van der Waals surface area contributed by atoms with Crippen LogP contribution in [0.25, 0.3) is 0 Å². The van der Waals surface area contributed by atoms with Crippen molar-refractivity contribution in [2.45, 2.75) is 56.4 Å². The van der Waals surface area contributed by atoms with Gasteiger partial charge in [0.1, 0.15) is 6.10 Å². The third-order valence-corrected chi connectivity index (χ3v) is 7.05. The topological polar surface area (TPSA) is 84.7 Å². The number of rotatable bonds is 5. The van der Waals surface area contributed by atoms with Gasteiger partial charge in [-0.2, -0.15) is 9.40 Å². The first-order valence-electron chi connectivity index (χ1n) is 9.29. The number of nitrogens with zero attached hydrogens (tertiary/aromatic N) is 3. The molecule has 0 spiro atoms. The van der Waals surface area contributed by atoms with Crippen molar-refractivity contribution >= 4 is 10.0 Å². The highest BCUT2D eigenvalue weighted by molar-refractivity contribution is 7.89. The van der Waals surface area contributed by atoms with Gasteiger partial charge in [-0.25, -0.2) is 8.42 Å². The number of aryl methyl sites for hydroxylation is 1. The van der Waals surface area contributed by atoms with Crippen LogP contribution >= 0.6 is 0 Å². The van der Waals surface area contributed by atoms with Gasteiger partial charge in [0.25, 0.3) is 0 Å². The first kappa shape index (κ1) is 18.6. The number of hydrogen-bond donors (Lipinski definition) is 1. The summed E-state index contributed by atoms with van der Waals surface area (Å²) in [6, 6.07) is 7.23. The third kappa shape index (κ3) is 3.54. The first-order chi connectivity index (χ1) is 12.9. The molecule has 2 atom stereocenters. The summed E-state index contributed by atoms with van der Waals surface area (Å²) in [5.74, 6) is 0. The maximum absolute atomic E-state index is 13.1. The third-order valence-electron chi connectivity index (χ3n) is 5.21. The van der Waals surface area contributed by atoms with Crippen molar-refractivity contribution in [3.8, 4) is 0 Å². The van der Waals surface area contributed by atoms with Crippen molar-refractivity contribution in [3.63, 3.8) is 0 Å². The Morgan fingerprint density at radius 2 is 1.93 bits per heavy atom. The van der Waals surface area contributed by atoms with E-state index in [1.54, 1.807) is 30.5 Å². The number of hydrogen-bond acceptors (Lipinski definition) is 5. The molecule has 0 bridgehead atoms. The van der Waals surface area contributed by atoms with Crippen molar-refractivity contribution in [1.82, 2.24) is 14.1 Å². The number of aromatic nitrogens is 2. The summed E-state index contributed by atoms with van der Waals surface area (Å²) in [7, 11) is -3.61. The molecule has 1 N–H and O–H groups in total. The largest absolute Gasteiger partial charge is 0.390 e. The second kappa shape index (κ2) is 7.01. The van der Waals surface area contributed by atoms with Crippen LogP contribution in [-0.2, 0) is 21.4 Å². The summed E-state index contributed by atoms with van der Waals surface area (Å²) in [6.45, 7) is 4.18. The fourth-order valence-corrected chi connectivity index (χ4v) is 5.12. The van der Waals surface area contributed by atoms with E-state index in [1.165, 1.54) is 4.31 Å². The lowest BCUT2D eigenvalue weighted by Gasteiger charge is -2.36. The Morgan fingerprint density at radius 1 is 1.22 bits per heavy atom. The van der Waals surface area contributed by atoms with Crippen molar-refractivity contribution in [1.29, 1.82) is 0 Å². The fourth-order valence-electron chi connectivity index (χ4n) is 3.61. The lowest BCUT2D eigenvalue weighted by molar-refractivity contribution is -0.0564. The zero-order valence-corrected chi connectivity index (χ0v) is 16.4. The summed E-state index contributed by atoms with van der Waals surface area (Å²) in [4.78, 5) is 0.289. The van der Waals surface area contributed by atoms with Gasteiger partial charge in [-0.15, -0.1) is 0 Å². The van der Waals surface area contributed by atoms with E-state index in [9.17, 15) is 13.5 Å². The molecule has 1 aliphatic heterocycles. The average molecular weight is 391 g/mol. The normalized spacial score (nSPS) is 24.3. The van der Waals surface area contributed by atoms with Crippen LogP contribution in [0, 0.1) is 6.92 Å². The van der Waals surface area contributed by atoms with Crippen LogP contribution in [0.5, 0.6) is 0 Å². The van der Waals surface area contributed by atoms with E-state index in [2.05, 4.69) is 5.10 Å². The number of ether oxygens (including phenoxy) is 1. The number of aliphatic hydroxyl groups is 1. The predicted octanol–water partition coefficient (Wildman–Crippen LogP) is 2.17. The van der Waals surface area contributed by atoms with Crippen LogP contribution in [0.4, 0.5) is 0 Å². The van der Waals surface area contributed by atoms with E-state index in [4.69, 9.17) is 4.74 Å². The fraction of sp³-hybridized carbons (Fsp3) is 0.526. The number of morpholine rings is 1. The minimum absolute atomic E-state index is 0.134. The lowest BCUT2D eigenvalue weighted by atomic mass is 10.1. The monoisotopic (exact) mass is 391 g/mol. The zero-order chi connectivity index (χ0) is 19.2. The van der Waals surface area contributed by atoms with Crippen LogP contribution in [0.1, 0.15) is 48.7 Å². The second-order valence-corrected chi connectivity index (χ2v) is 9.39. The highest BCUT2D eigenvalue weighted by Gasteiger charge is 2.37. The highest BCUT2D eigenvalue weighted by atomic mass is 32.2. The maximum Gasteiger partial charge on any atom is 0.243 e. The molecule has 1 saturated carbocycles. The highest BCUT2D eigenvalue weighted by Crippen LogP contribution is 2.38. The Morgan fingerprint density at radius 3 is 2.56 bits per heavy atom. The Balaban J connectivity index is 1.63. The maximum atomic E-state index is 13.1. The molecule has 146 valence electrons. The molecule has 1 aliphatic carbocycles. The number of sulfonamides is 1. The molecule has 27 heavy (non-hydrogen) atoms. The van der Waals surface area contributed by atoms with Gasteiger partial charge in [0.05, 0.1) is 35.5 Å². The standard InChI is InChI=1S/C19H25N3O4S/c1-13-3-7-16(8-4-13)27(24,25)21-10-14(2)26-19(11-21)17-9-20-22(15-5-6-15)18(17)12-23/h3-4,7-9,14-15,19,23H,5-6,10-12H2,1-2H3/t14-,19-/m1/s1.